The van der Waals surface area contributed by atoms with Crippen molar-refractivity contribution in [3.63, 3.8) is 0 Å². The zero-order chi connectivity index (χ0) is 20.4. The molecule has 0 amide bonds. The van der Waals surface area contributed by atoms with Crippen molar-refractivity contribution < 1.29 is 29.4 Å². The van der Waals surface area contributed by atoms with Gasteiger partial charge >= 0.3 is 0 Å². The van der Waals surface area contributed by atoms with Gasteiger partial charge in [-0.2, -0.15) is 0 Å². The third-order valence-electron chi connectivity index (χ3n) is 4.24. The van der Waals surface area contributed by atoms with Crippen molar-refractivity contribution in [1.29, 1.82) is 0 Å². The number of benzene rings is 2. The zero-order valence-corrected chi connectivity index (χ0v) is 17.0. The Morgan fingerprint density at radius 3 is 2.29 bits per heavy atom. The maximum absolute atomic E-state index is 10.2. The Bertz CT molecular complexity index is 776. The minimum atomic E-state index is -0.597. The van der Waals surface area contributed by atoms with Gasteiger partial charge < -0.3 is 29.4 Å². The maximum atomic E-state index is 10.2. The van der Waals surface area contributed by atoms with Gasteiger partial charge in [-0.05, 0) is 42.8 Å². The first-order valence-electron chi connectivity index (χ1n) is 9.25. The maximum Gasteiger partial charge on any atom is 0.161 e. The molecule has 0 saturated heterocycles. The van der Waals surface area contributed by atoms with Crippen molar-refractivity contribution in [2.24, 2.45) is 0 Å². The predicted octanol–water partition coefficient (Wildman–Crippen LogP) is 2.25. The van der Waals surface area contributed by atoms with Gasteiger partial charge in [0.25, 0.3) is 0 Å². The molecule has 28 heavy (non-hydrogen) atoms. The fourth-order valence-corrected chi connectivity index (χ4v) is 2.80. The number of aliphatic hydroxyl groups is 1. The highest BCUT2D eigenvalue weighted by Crippen LogP contribution is 2.29. The van der Waals surface area contributed by atoms with Crippen LogP contribution in [0.1, 0.15) is 18.1 Å². The topological polar surface area (TPSA) is 73.8 Å². The van der Waals surface area contributed by atoms with Gasteiger partial charge in [-0.15, -0.1) is 0 Å². The molecule has 0 aliphatic carbocycles. The van der Waals surface area contributed by atoms with E-state index in [1.165, 1.54) is 0 Å². The van der Waals surface area contributed by atoms with Crippen LogP contribution in [0.4, 0.5) is 0 Å². The number of nitrogens with two attached hydrogens (primary N) is 1. The van der Waals surface area contributed by atoms with Crippen LogP contribution in [0.25, 0.3) is 6.08 Å². The second-order valence-electron chi connectivity index (χ2n) is 6.29. The highest BCUT2D eigenvalue weighted by Gasteiger charge is 2.12. The summed E-state index contributed by atoms with van der Waals surface area (Å²) in [6.45, 7) is 3.40. The highest BCUT2D eigenvalue weighted by atomic mass is 16.5. The molecule has 2 aromatic rings. The Labute approximate surface area is 166 Å². The van der Waals surface area contributed by atoms with E-state index < -0.39 is 6.10 Å². The van der Waals surface area contributed by atoms with Crippen LogP contribution in [0.3, 0.4) is 0 Å². The Morgan fingerprint density at radius 2 is 1.61 bits per heavy atom. The number of hydrogen-bond donors (Lipinski definition) is 2. The van der Waals surface area contributed by atoms with E-state index in [2.05, 4.69) is 0 Å². The molecule has 0 unspecified atom stereocenters. The van der Waals surface area contributed by atoms with Crippen LogP contribution < -0.4 is 24.3 Å². The molecule has 152 valence electrons. The molecular weight excluding hydrogens is 358 g/mol. The van der Waals surface area contributed by atoms with Crippen LogP contribution in [0, 0.1) is 0 Å². The lowest BCUT2D eigenvalue weighted by Crippen LogP contribution is -2.85. The molecule has 0 heterocycles. The first kappa shape index (κ1) is 21.6. The van der Waals surface area contributed by atoms with Gasteiger partial charge in [0.15, 0.2) is 23.0 Å². The first-order chi connectivity index (χ1) is 13.6. The molecule has 3 N–H and O–H groups in total. The smallest absolute Gasteiger partial charge is 0.161 e. The highest BCUT2D eigenvalue weighted by molar-refractivity contribution is 5.55. The summed E-state index contributed by atoms with van der Waals surface area (Å²) in [5.41, 5.74) is 2.13. The minimum absolute atomic E-state index is 0.196. The van der Waals surface area contributed by atoms with Crippen molar-refractivity contribution in [3.05, 3.63) is 53.6 Å². The molecule has 6 nitrogen and oxygen atoms in total. The number of aliphatic hydroxyl groups excluding tert-OH is 1. The summed E-state index contributed by atoms with van der Waals surface area (Å²) < 4.78 is 21.7. The number of quaternary nitrogens is 1. The molecule has 0 aliphatic rings. The van der Waals surface area contributed by atoms with Crippen LogP contribution >= 0.6 is 0 Å². The van der Waals surface area contributed by atoms with Crippen LogP contribution in [-0.4, -0.2) is 45.7 Å². The van der Waals surface area contributed by atoms with Crippen molar-refractivity contribution in [1.82, 2.24) is 0 Å². The molecule has 0 spiro atoms. The van der Waals surface area contributed by atoms with Crippen molar-refractivity contribution in [2.45, 2.75) is 19.6 Å². The van der Waals surface area contributed by atoms with Crippen molar-refractivity contribution in [2.75, 3.05) is 34.5 Å². The number of hydrogen-bond acceptors (Lipinski definition) is 5. The second-order valence-corrected chi connectivity index (χ2v) is 6.29. The van der Waals surface area contributed by atoms with Gasteiger partial charge in [0, 0.05) is 5.56 Å². The van der Waals surface area contributed by atoms with E-state index >= 15 is 0 Å². The molecule has 2 aromatic carbocycles. The summed E-state index contributed by atoms with van der Waals surface area (Å²) in [5.74, 6) is 2.67. The summed E-state index contributed by atoms with van der Waals surface area (Å²) in [5, 5.41) is 12.3. The van der Waals surface area contributed by atoms with E-state index in [0.717, 1.165) is 17.7 Å². The monoisotopic (exact) mass is 388 g/mol. The minimum Gasteiger partial charge on any atom is -0.493 e. The first-order valence-corrected chi connectivity index (χ1v) is 9.25. The lowest BCUT2D eigenvalue weighted by molar-refractivity contribution is -0.676. The molecule has 1 atom stereocenters. The van der Waals surface area contributed by atoms with Gasteiger partial charge in [-0.3, -0.25) is 0 Å². The molecule has 0 aromatic heterocycles. The average molecular weight is 388 g/mol. The number of methoxy groups -OCH3 is 3. The van der Waals surface area contributed by atoms with Crippen LogP contribution in [-0.2, 0) is 6.54 Å². The Morgan fingerprint density at radius 1 is 0.929 bits per heavy atom. The Kier molecular flexibility index (Phi) is 8.65. The Hall–Kier alpha value is -2.70. The van der Waals surface area contributed by atoms with Crippen LogP contribution in [0.5, 0.6) is 23.0 Å². The number of allylic oxidation sites excluding steroid dienone is 1. The molecule has 0 saturated carbocycles. The summed E-state index contributed by atoms with van der Waals surface area (Å²) in [4.78, 5) is 0. The molecule has 0 radical (unpaired) electrons. The van der Waals surface area contributed by atoms with Gasteiger partial charge in [-0.25, -0.2) is 0 Å². The van der Waals surface area contributed by atoms with E-state index in [4.69, 9.17) is 18.9 Å². The van der Waals surface area contributed by atoms with Crippen molar-refractivity contribution >= 4 is 6.08 Å². The summed E-state index contributed by atoms with van der Waals surface area (Å²) >= 11 is 0. The lowest BCUT2D eigenvalue weighted by Gasteiger charge is -2.14. The summed E-state index contributed by atoms with van der Waals surface area (Å²) in [6, 6.07) is 11.5. The van der Waals surface area contributed by atoms with Crippen LogP contribution in [0.2, 0.25) is 0 Å². The molecule has 2 rings (SSSR count). The van der Waals surface area contributed by atoms with E-state index in [1.54, 1.807) is 21.3 Å². The Balaban J connectivity index is 1.82. The van der Waals surface area contributed by atoms with E-state index in [1.807, 2.05) is 60.8 Å². The molecule has 6 heteroatoms. The fraction of sp³-hybridized carbons (Fsp3) is 0.364. The summed E-state index contributed by atoms with van der Waals surface area (Å²) in [6.07, 6.45) is 3.36. The third-order valence-corrected chi connectivity index (χ3v) is 4.24. The van der Waals surface area contributed by atoms with Gasteiger partial charge in [0.2, 0.25) is 0 Å². The van der Waals surface area contributed by atoms with Crippen molar-refractivity contribution in [3.8, 4) is 23.0 Å². The number of rotatable bonds is 11. The van der Waals surface area contributed by atoms with Gasteiger partial charge in [-0.1, -0.05) is 18.2 Å². The third kappa shape index (κ3) is 6.18. The van der Waals surface area contributed by atoms with Crippen LogP contribution in [0.15, 0.2) is 42.5 Å². The molecule has 0 aliphatic heterocycles. The van der Waals surface area contributed by atoms with Gasteiger partial charge in [0.05, 0.1) is 21.3 Å². The normalized spacial score (nSPS) is 12.0. The zero-order valence-electron chi connectivity index (χ0n) is 17.0. The second kappa shape index (κ2) is 11.2. The molecule has 0 fully saturated rings. The average Bonchev–Trinajstić information content (AvgIpc) is 2.72. The molecular formula is C22H30NO5+. The molecule has 0 bridgehead atoms. The van der Waals surface area contributed by atoms with E-state index in [9.17, 15) is 5.11 Å². The quantitative estimate of drug-likeness (QED) is 0.618. The standard InChI is InChI=1S/C22H29NO5/c1-5-6-16-7-10-20(22(11-16)27-4)28-15-18(24)14-23-13-17-8-9-19(25-2)21(12-17)26-3/h5-12,18,23-24H,13-15H2,1-4H3/p+1/b6-5+/t18-/m1/s1. The lowest BCUT2D eigenvalue weighted by atomic mass is 10.2. The number of ether oxygens (including phenoxy) is 4. The largest absolute Gasteiger partial charge is 0.493 e. The van der Waals surface area contributed by atoms with E-state index in [0.29, 0.717) is 29.5 Å². The summed E-state index contributed by atoms with van der Waals surface area (Å²) in [7, 11) is 4.84. The fourth-order valence-electron chi connectivity index (χ4n) is 2.80. The predicted molar refractivity (Wildman–Crippen MR) is 109 cm³/mol. The SMILES string of the molecule is C/C=C/c1ccc(OC[C@H](O)C[NH2+]Cc2ccc(OC)c(OC)c2)c(OC)c1. The van der Waals surface area contributed by atoms with Gasteiger partial charge in [0.1, 0.15) is 25.8 Å². The van der Waals surface area contributed by atoms with E-state index in [-0.39, 0.29) is 6.61 Å².